The van der Waals surface area contributed by atoms with E-state index in [0.717, 1.165) is 49.0 Å². The lowest BCUT2D eigenvalue weighted by molar-refractivity contribution is -0.117. The maximum atomic E-state index is 12.4. The third-order valence-corrected chi connectivity index (χ3v) is 5.53. The molecule has 2 aromatic carbocycles. The minimum Gasteiger partial charge on any atom is -0.369 e. The summed E-state index contributed by atoms with van der Waals surface area (Å²) in [5.74, 6) is 0.0687. The molecule has 0 spiro atoms. The van der Waals surface area contributed by atoms with Crippen LogP contribution in [0.15, 0.2) is 42.5 Å². The number of halogens is 1. The molecule has 136 valence electrons. The lowest BCUT2D eigenvalue weighted by Gasteiger charge is -2.35. The molecule has 1 aliphatic carbocycles. The number of anilines is 2. The molecule has 0 aromatic heterocycles. The van der Waals surface area contributed by atoms with Crippen LogP contribution in [-0.2, 0) is 17.6 Å². The first-order valence-corrected chi connectivity index (χ1v) is 9.70. The SMILES string of the molecule is O=C(CN1CCN(c2cccc(Cl)c2)CC1)Nc1ccc2c(c1)CCC2. The smallest absolute Gasteiger partial charge is 0.238 e. The second-order valence-corrected chi connectivity index (χ2v) is 7.56. The standard InChI is InChI=1S/C21H24ClN3O/c22-18-5-2-6-20(14-18)25-11-9-24(10-12-25)15-21(26)23-19-8-7-16-3-1-4-17(16)13-19/h2,5-8,13-14H,1,3-4,9-12,15H2,(H,23,26). The van der Waals surface area contributed by atoms with Crippen molar-refractivity contribution in [2.45, 2.75) is 19.3 Å². The van der Waals surface area contributed by atoms with Gasteiger partial charge >= 0.3 is 0 Å². The molecule has 0 saturated carbocycles. The minimum atomic E-state index is 0.0687. The van der Waals surface area contributed by atoms with E-state index in [4.69, 9.17) is 11.6 Å². The van der Waals surface area contributed by atoms with E-state index in [0.29, 0.717) is 6.54 Å². The number of piperazine rings is 1. The number of nitrogens with one attached hydrogen (secondary N) is 1. The lowest BCUT2D eigenvalue weighted by Crippen LogP contribution is -2.48. The number of amides is 1. The van der Waals surface area contributed by atoms with Gasteiger partial charge in [0, 0.05) is 42.6 Å². The highest BCUT2D eigenvalue weighted by atomic mass is 35.5. The van der Waals surface area contributed by atoms with Gasteiger partial charge in [0.05, 0.1) is 6.54 Å². The maximum absolute atomic E-state index is 12.4. The first-order chi connectivity index (χ1) is 12.7. The fourth-order valence-electron chi connectivity index (χ4n) is 3.89. The molecule has 2 aliphatic rings. The molecule has 1 heterocycles. The summed E-state index contributed by atoms with van der Waals surface area (Å²) in [5, 5.41) is 3.82. The van der Waals surface area contributed by atoms with Crippen LogP contribution in [0.2, 0.25) is 5.02 Å². The van der Waals surface area contributed by atoms with Crippen LogP contribution in [0.4, 0.5) is 11.4 Å². The monoisotopic (exact) mass is 369 g/mol. The molecular weight excluding hydrogens is 346 g/mol. The Labute approximate surface area is 159 Å². The number of hydrogen-bond acceptors (Lipinski definition) is 3. The van der Waals surface area contributed by atoms with Crippen LogP contribution in [0.5, 0.6) is 0 Å². The van der Waals surface area contributed by atoms with Crippen molar-refractivity contribution in [1.82, 2.24) is 4.90 Å². The van der Waals surface area contributed by atoms with Crippen molar-refractivity contribution in [2.75, 3.05) is 42.9 Å². The highest BCUT2D eigenvalue weighted by Crippen LogP contribution is 2.25. The van der Waals surface area contributed by atoms with E-state index >= 15 is 0 Å². The van der Waals surface area contributed by atoms with Gasteiger partial charge in [-0.2, -0.15) is 0 Å². The minimum absolute atomic E-state index is 0.0687. The van der Waals surface area contributed by atoms with Crippen molar-refractivity contribution < 1.29 is 4.79 Å². The third kappa shape index (κ3) is 4.02. The quantitative estimate of drug-likeness (QED) is 0.894. The van der Waals surface area contributed by atoms with Gasteiger partial charge in [-0.05, 0) is 60.7 Å². The van der Waals surface area contributed by atoms with E-state index in [2.05, 4.69) is 33.3 Å². The number of carbonyl (C=O) groups is 1. The molecule has 0 radical (unpaired) electrons. The van der Waals surface area contributed by atoms with Gasteiger partial charge in [0.1, 0.15) is 0 Å². The summed E-state index contributed by atoms with van der Waals surface area (Å²) in [4.78, 5) is 16.9. The van der Waals surface area contributed by atoms with Crippen molar-refractivity contribution in [2.24, 2.45) is 0 Å². The summed E-state index contributed by atoms with van der Waals surface area (Å²) in [5.41, 5.74) is 4.89. The number of aryl methyl sites for hydroxylation is 2. The van der Waals surface area contributed by atoms with Gasteiger partial charge in [-0.15, -0.1) is 0 Å². The van der Waals surface area contributed by atoms with Gasteiger partial charge in [0.15, 0.2) is 0 Å². The van der Waals surface area contributed by atoms with Crippen LogP contribution in [0.1, 0.15) is 17.5 Å². The Morgan fingerprint density at radius 1 is 1.00 bits per heavy atom. The summed E-state index contributed by atoms with van der Waals surface area (Å²) in [6, 6.07) is 14.3. The molecule has 1 saturated heterocycles. The van der Waals surface area contributed by atoms with Crippen LogP contribution >= 0.6 is 11.6 Å². The number of benzene rings is 2. The van der Waals surface area contributed by atoms with Crippen molar-refractivity contribution in [3.05, 3.63) is 58.6 Å². The van der Waals surface area contributed by atoms with Gasteiger partial charge in [-0.25, -0.2) is 0 Å². The highest BCUT2D eigenvalue weighted by molar-refractivity contribution is 6.30. The zero-order chi connectivity index (χ0) is 17.9. The van der Waals surface area contributed by atoms with Crippen molar-refractivity contribution in [3.63, 3.8) is 0 Å². The first-order valence-electron chi connectivity index (χ1n) is 9.32. The Morgan fingerprint density at radius 2 is 1.81 bits per heavy atom. The predicted octanol–water partition coefficient (Wildman–Crippen LogP) is 3.59. The molecule has 1 N–H and O–H groups in total. The molecule has 1 fully saturated rings. The number of carbonyl (C=O) groups excluding carboxylic acids is 1. The van der Waals surface area contributed by atoms with Crippen LogP contribution < -0.4 is 10.2 Å². The van der Waals surface area contributed by atoms with Gasteiger partial charge in [-0.3, -0.25) is 9.69 Å². The first kappa shape index (κ1) is 17.4. The Balaban J connectivity index is 1.28. The number of nitrogens with zero attached hydrogens (tertiary/aromatic N) is 2. The number of fused-ring (bicyclic) bond motifs is 1. The number of rotatable bonds is 4. The average Bonchev–Trinajstić information content (AvgIpc) is 3.10. The molecule has 2 aromatic rings. The molecule has 4 nitrogen and oxygen atoms in total. The molecular formula is C21H24ClN3O. The Hall–Kier alpha value is -2.04. The summed E-state index contributed by atoms with van der Waals surface area (Å²) >= 11 is 6.08. The normalized spacial score (nSPS) is 17.2. The topological polar surface area (TPSA) is 35.6 Å². The van der Waals surface area contributed by atoms with Crippen molar-refractivity contribution in [3.8, 4) is 0 Å². The van der Waals surface area contributed by atoms with Crippen molar-refractivity contribution in [1.29, 1.82) is 0 Å². The molecule has 0 atom stereocenters. The van der Waals surface area contributed by atoms with Gasteiger partial charge in [0.2, 0.25) is 5.91 Å². The Bertz CT molecular complexity index is 800. The largest absolute Gasteiger partial charge is 0.369 e. The van der Waals surface area contributed by atoms with E-state index in [1.165, 1.54) is 24.0 Å². The Morgan fingerprint density at radius 3 is 2.62 bits per heavy atom. The van der Waals surface area contributed by atoms with E-state index in [9.17, 15) is 4.79 Å². The van der Waals surface area contributed by atoms with Gasteiger partial charge < -0.3 is 10.2 Å². The van der Waals surface area contributed by atoms with Crippen LogP contribution in [0, 0.1) is 0 Å². The molecule has 26 heavy (non-hydrogen) atoms. The molecule has 4 rings (SSSR count). The highest BCUT2D eigenvalue weighted by Gasteiger charge is 2.20. The zero-order valence-electron chi connectivity index (χ0n) is 14.9. The Kier molecular flexibility index (Phi) is 5.14. The summed E-state index contributed by atoms with van der Waals surface area (Å²) in [6.45, 7) is 4.02. The number of hydrogen-bond donors (Lipinski definition) is 1. The molecule has 5 heteroatoms. The van der Waals surface area contributed by atoms with Crippen molar-refractivity contribution >= 4 is 28.9 Å². The fraction of sp³-hybridized carbons (Fsp3) is 0.381. The zero-order valence-corrected chi connectivity index (χ0v) is 15.6. The van der Waals surface area contributed by atoms with Crippen LogP contribution in [0.25, 0.3) is 0 Å². The lowest BCUT2D eigenvalue weighted by atomic mass is 10.1. The van der Waals surface area contributed by atoms with E-state index in [1.54, 1.807) is 0 Å². The second kappa shape index (κ2) is 7.68. The van der Waals surface area contributed by atoms with E-state index in [-0.39, 0.29) is 5.91 Å². The van der Waals surface area contributed by atoms with Gasteiger partial charge in [0.25, 0.3) is 0 Å². The summed E-state index contributed by atoms with van der Waals surface area (Å²) in [7, 11) is 0. The predicted molar refractivity (Wildman–Crippen MR) is 107 cm³/mol. The van der Waals surface area contributed by atoms with Crippen LogP contribution in [0.3, 0.4) is 0 Å². The second-order valence-electron chi connectivity index (χ2n) is 7.13. The van der Waals surface area contributed by atoms with Crippen LogP contribution in [-0.4, -0.2) is 43.5 Å². The molecule has 0 unspecified atom stereocenters. The molecule has 0 bridgehead atoms. The fourth-order valence-corrected chi connectivity index (χ4v) is 4.07. The van der Waals surface area contributed by atoms with E-state index in [1.807, 2.05) is 24.3 Å². The molecule has 1 amide bonds. The van der Waals surface area contributed by atoms with Gasteiger partial charge in [-0.1, -0.05) is 23.7 Å². The summed E-state index contributed by atoms with van der Waals surface area (Å²) in [6.07, 6.45) is 3.52. The maximum Gasteiger partial charge on any atom is 0.238 e. The summed E-state index contributed by atoms with van der Waals surface area (Å²) < 4.78 is 0. The molecule has 1 aliphatic heterocycles. The average molecular weight is 370 g/mol. The van der Waals surface area contributed by atoms with E-state index < -0.39 is 0 Å². The third-order valence-electron chi connectivity index (χ3n) is 5.30.